The second kappa shape index (κ2) is 5.82. The van der Waals surface area contributed by atoms with E-state index in [0.29, 0.717) is 11.0 Å². The molecule has 0 fully saturated rings. The van der Waals surface area contributed by atoms with E-state index in [1.165, 1.54) is 0 Å². The van der Waals surface area contributed by atoms with E-state index in [1.54, 1.807) is 18.0 Å². The largest absolute Gasteiger partial charge is 0.488 e. The SMILES string of the molecule is N#Cc1ccc(SN2CCc3cc(B(O)O)ccc32)cc1. The van der Waals surface area contributed by atoms with Gasteiger partial charge in [0.05, 0.1) is 17.3 Å². The van der Waals surface area contributed by atoms with Crippen LogP contribution in [0.25, 0.3) is 0 Å². The van der Waals surface area contributed by atoms with Crippen molar-refractivity contribution in [3.8, 4) is 6.07 Å². The van der Waals surface area contributed by atoms with Gasteiger partial charge in [0.1, 0.15) is 0 Å². The highest BCUT2D eigenvalue weighted by Crippen LogP contribution is 2.35. The summed E-state index contributed by atoms with van der Waals surface area (Å²) < 4.78 is 2.18. The van der Waals surface area contributed by atoms with Gasteiger partial charge in [-0.1, -0.05) is 12.1 Å². The summed E-state index contributed by atoms with van der Waals surface area (Å²) in [5, 5.41) is 27.2. The van der Waals surface area contributed by atoms with Crippen molar-refractivity contribution < 1.29 is 10.0 Å². The molecule has 3 rings (SSSR count). The Labute approximate surface area is 127 Å². The normalized spacial score (nSPS) is 12.9. The summed E-state index contributed by atoms with van der Waals surface area (Å²) in [5.41, 5.74) is 3.41. The van der Waals surface area contributed by atoms with Crippen LogP contribution in [-0.2, 0) is 6.42 Å². The monoisotopic (exact) mass is 296 g/mol. The zero-order valence-corrected chi connectivity index (χ0v) is 12.0. The first-order valence-corrected chi connectivity index (χ1v) is 7.39. The minimum atomic E-state index is -1.42. The van der Waals surface area contributed by atoms with Crippen molar-refractivity contribution in [1.82, 2.24) is 0 Å². The summed E-state index contributed by atoms with van der Waals surface area (Å²) in [4.78, 5) is 1.08. The quantitative estimate of drug-likeness (QED) is 0.660. The van der Waals surface area contributed by atoms with E-state index in [4.69, 9.17) is 5.26 Å². The Morgan fingerprint density at radius 1 is 1.14 bits per heavy atom. The fourth-order valence-corrected chi connectivity index (χ4v) is 3.34. The summed E-state index contributed by atoms with van der Waals surface area (Å²) in [5.74, 6) is 0. The molecule has 2 aromatic rings. The predicted octanol–water partition coefficient (Wildman–Crippen LogP) is 1.31. The molecular weight excluding hydrogens is 283 g/mol. The first kappa shape index (κ1) is 14.0. The third-order valence-electron chi connectivity index (χ3n) is 3.45. The van der Waals surface area contributed by atoms with Crippen LogP contribution in [0, 0.1) is 11.3 Å². The van der Waals surface area contributed by atoms with Crippen LogP contribution in [0.1, 0.15) is 11.1 Å². The third-order valence-corrected chi connectivity index (χ3v) is 4.54. The van der Waals surface area contributed by atoms with Gasteiger partial charge in [-0.2, -0.15) is 5.26 Å². The molecule has 0 aromatic heterocycles. The Morgan fingerprint density at radius 3 is 2.57 bits per heavy atom. The molecule has 0 atom stereocenters. The topological polar surface area (TPSA) is 67.5 Å². The molecule has 0 bridgehead atoms. The van der Waals surface area contributed by atoms with E-state index < -0.39 is 7.12 Å². The van der Waals surface area contributed by atoms with Gasteiger partial charge in [0.15, 0.2) is 0 Å². The molecule has 0 aliphatic carbocycles. The second-order valence-corrected chi connectivity index (χ2v) is 5.94. The Bertz CT molecular complexity index is 698. The van der Waals surface area contributed by atoms with Gasteiger partial charge in [0.25, 0.3) is 0 Å². The van der Waals surface area contributed by atoms with E-state index in [9.17, 15) is 10.0 Å². The predicted molar refractivity (Wildman–Crippen MR) is 84.3 cm³/mol. The summed E-state index contributed by atoms with van der Waals surface area (Å²) in [6, 6.07) is 15.1. The molecule has 2 N–H and O–H groups in total. The number of anilines is 1. The Balaban J connectivity index is 1.79. The van der Waals surface area contributed by atoms with Crippen LogP contribution < -0.4 is 9.77 Å². The first-order valence-electron chi connectivity index (χ1n) is 6.62. The molecule has 0 radical (unpaired) electrons. The average Bonchev–Trinajstić information content (AvgIpc) is 2.90. The Hall–Kier alpha value is -1.94. The van der Waals surface area contributed by atoms with Crippen molar-refractivity contribution >= 4 is 30.2 Å². The molecular formula is C15H13BN2O2S. The number of fused-ring (bicyclic) bond motifs is 1. The number of nitriles is 1. The smallest absolute Gasteiger partial charge is 0.423 e. The average molecular weight is 296 g/mol. The molecule has 21 heavy (non-hydrogen) atoms. The zero-order chi connectivity index (χ0) is 14.8. The second-order valence-electron chi connectivity index (χ2n) is 4.84. The third kappa shape index (κ3) is 2.90. The lowest BCUT2D eigenvalue weighted by atomic mass is 9.79. The van der Waals surface area contributed by atoms with Gasteiger partial charge in [-0.3, -0.25) is 0 Å². The molecule has 0 saturated heterocycles. The van der Waals surface area contributed by atoms with Crippen LogP contribution in [0.3, 0.4) is 0 Å². The van der Waals surface area contributed by atoms with Crippen LogP contribution in [-0.4, -0.2) is 23.7 Å². The number of rotatable bonds is 3. The number of hydrogen-bond acceptors (Lipinski definition) is 5. The minimum absolute atomic E-state index is 0.527. The fraction of sp³-hybridized carbons (Fsp3) is 0.133. The maximum Gasteiger partial charge on any atom is 0.488 e. The molecule has 4 nitrogen and oxygen atoms in total. The summed E-state index contributed by atoms with van der Waals surface area (Å²) >= 11 is 1.63. The zero-order valence-electron chi connectivity index (χ0n) is 11.2. The number of benzene rings is 2. The van der Waals surface area contributed by atoms with E-state index in [2.05, 4.69) is 10.4 Å². The van der Waals surface area contributed by atoms with Crippen molar-refractivity contribution in [3.05, 3.63) is 53.6 Å². The summed E-state index contributed by atoms with van der Waals surface area (Å²) in [7, 11) is -1.42. The van der Waals surface area contributed by atoms with Gasteiger partial charge in [-0.25, -0.2) is 0 Å². The highest BCUT2D eigenvalue weighted by atomic mass is 32.2. The van der Waals surface area contributed by atoms with Crippen LogP contribution in [0.2, 0.25) is 0 Å². The maximum absolute atomic E-state index is 9.22. The van der Waals surface area contributed by atoms with Crippen molar-refractivity contribution in [3.63, 3.8) is 0 Å². The molecule has 0 spiro atoms. The minimum Gasteiger partial charge on any atom is -0.423 e. The standard InChI is InChI=1S/C15H13BN2O2S/c17-10-11-1-4-14(5-2-11)21-18-8-7-12-9-13(16(19)20)3-6-15(12)18/h1-6,9,19-20H,7-8H2. The van der Waals surface area contributed by atoms with Gasteiger partial charge >= 0.3 is 7.12 Å². The van der Waals surface area contributed by atoms with Gasteiger partial charge < -0.3 is 14.4 Å². The molecule has 1 aliphatic rings. The summed E-state index contributed by atoms with van der Waals surface area (Å²) in [6.45, 7) is 0.880. The van der Waals surface area contributed by atoms with Gasteiger partial charge in [-0.15, -0.1) is 0 Å². The maximum atomic E-state index is 9.22. The van der Waals surface area contributed by atoms with Crippen LogP contribution >= 0.6 is 11.9 Å². The Morgan fingerprint density at radius 2 is 1.90 bits per heavy atom. The lowest BCUT2D eigenvalue weighted by Gasteiger charge is -2.18. The van der Waals surface area contributed by atoms with Crippen molar-refractivity contribution in [2.45, 2.75) is 11.3 Å². The number of hydrogen-bond donors (Lipinski definition) is 2. The fourth-order valence-electron chi connectivity index (χ4n) is 2.36. The van der Waals surface area contributed by atoms with Gasteiger partial charge in [0.2, 0.25) is 0 Å². The highest BCUT2D eigenvalue weighted by Gasteiger charge is 2.22. The highest BCUT2D eigenvalue weighted by molar-refractivity contribution is 8.00. The Kier molecular flexibility index (Phi) is 3.89. The number of nitrogens with zero attached hydrogens (tertiary/aromatic N) is 2. The van der Waals surface area contributed by atoms with Crippen LogP contribution in [0.4, 0.5) is 5.69 Å². The molecule has 6 heteroatoms. The van der Waals surface area contributed by atoms with Gasteiger partial charge in [0, 0.05) is 11.4 Å². The van der Waals surface area contributed by atoms with Crippen LogP contribution in [0.15, 0.2) is 47.4 Å². The molecule has 0 saturated carbocycles. The van der Waals surface area contributed by atoms with E-state index >= 15 is 0 Å². The lowest BCUT2D eigenvalue weighted by molar-refractivity contribution is 0.426. The molecule has 0 amide bonds. The molecule has 0 unspecified atom stereocenters. The first-order chi connectivity index (χ1) is 10.2. The molecule has 104 valence electrons. The summed E-state index contributed by atoms with van der Waals surface area (Å²) in [6.07, 6.45) is 0.888. The molecule has 2 aromatic carbocycles. The van der Waals surface area contributed by atoms with E-state index in [1.807, 2.05) is 36.4 Å². The lowest BCUT2D eigenvalue weighted by Crippen LogP contribution is -2.29. The molecule has 1 aliphatic heterocycles. The van der Waals surface area contributed by atoms with E-state index in [-0.39, 0.29) is 0 Å². The van der Waals surface area contributed by atoms with Gasteiger partial charge in [-0.05, 0) is 59.7 Å². The van der Waals surface area contributed by atoms with Crippen molar-refractivity contribution in [2.24, 2.45) is 0 Å². The molecule has 1 heterocycles. The van der Waals surface area contributed by atoms with Crippen molar-refractivity contribution in [1.29, 1.82) is 5.26 Å². The van der Waals surface area contributed by atoms with Crippen molar-refractivity contribution in [2.75, 3.05) is 10.8 Å². The van der Waals surface area contributed by atoms with E-state index in [0.717, 1.165) is 29.1 Å². The van der Waals surface area contributed by atoms with Crippen LogP contribution in [0.5, 0.6) is 0 Å².